The Labute approximate surface area is 278 Å². The molecule has 0 saturated heterocycles. The van der Waals surface area contributed by atoms with Crippen molar-refractivity contribution >= 4 is 110 Å². The van der Waals surface area contributed by atoms with Crippen LogP contribution in [0.3, 0.4) is 0 Å². The van der Waals surface area contributed by atoms with Gasteiger partial charge in [-0.2, -0.15) is 14.9 Å². The number of nitrogens with one attached hydrogen (secondary N) is 2. The number of halogens is 2. The first-order chi connectivity index (χ1) is 22.4. The van der Waals surface area contributed by atoms with Gasteiger partial charge in [-0.3, -0.25) is 14.7 Å². The van der Waals surface area contributed by atoms with Crippen LogP contribution in [0.4, 0.5) is 10.3 Å². The molecule has 0 spiro atoms. The van der Waals surface area contributed by atoms with Crippen molar-refractivity contribution in [1.82, 2.24) is 29.9 Å². The average Bonchev–Trinajstić information content (AvgIpc) is 3.89. The highest BCUT2D eigenvalue weighted by molar-refractivity contribution is 7.23. The highest BCUT2D eigenvalue weighted by Gasteiger charge is 2.24. The number of aromatic nitrogens is 6. The molecule has 0 saturated carbocycles. The summed E-state index contributed by atoms with van der Waals surface area (Å²) >= 11 is 15.5. The van der Waals surface area contributed by atoms with E-state index in [9.17, 15) is 9.59 Å². The molecule has 4 N–H and O–H groups in total. The maximum absolute atomic E-state index is 13.0. The second-order valence-electron chi connectivity index (χ2n) is 10.1. The fourth-order valence-corrected chi connectivity index (χ4v) is 7.21. The molecule has 46 heavy (non-hydrogen) atoms. The predicted molar refractivity (Wildman–Crippen MR) is 186 cm³/mol. The molecule has 14 heteroatoms. The molecule has 0 aliphatic carbocycles. The monoisotopic (exact) mass is 684 g/mol. The first-order valence-electron chi connectivity index (χ1n) is 13.9. The third-order valence-corrected chi connectivity index (χ3v) is 10.0. The zero-order valence-electron chi connectivity index (χ0n) is 23.6. The van der Waals surface area contributed by atoms with Crippen LogP contribution < -0.4 is 11.1 Å². The van der Waals surface area contributed by atoms with Gasteiger partial charge in [-0.05, 0) is 35.4 Å². The number of aromatic amines is 1. The third-order valence-electron chi connectivity index (χ3n) is 7.17. The Morgan fingerprint density at radius 2 is 1.43 bits per heavy atom. The molecule has 0 bridgehead atoms. The molecule has 0 aliphatic rings. The van der Waals surface area contributed by atoms with E-state index in [1.54, 1.807) is 48.8 Å². The standard InChI is InChI=1S/C24H16Cl2N4O2S.C8H6N4S/c25-19(14-7-3-1-4-8-14)22(31)29-24-28-17-11-12-18-16(21(17)33-24)13-27-30(18)23(32)20(26)15-9-5-2-6-10-15;9-8-11-6-2-1-5-4(3-10-12-5)7(6)13-8/h1-13,19-20H,(H,28,29,31);1-3H,(H2,9,11)(H,10,12). The molecule has 10 nitrogen and oxygen atoms in total. The number of carbonyl (C=O) groups is 2. The highest BCUT2D eigenvalue weighted by Crippen LogP contribution is 2.35. The van der Waals surface area contributed by atoms with E-state index in [0.29, 0.717) is 32.4 Å². The number of nitrogen functional groups attached to an aromatic ring is 1. The van der Waals surface area contributed by atoms with Crippen LogP contribution in [0.2, 0.25) is 0 Å². The molecule has 8 rings (SSSR count). The number of benzene rings is 4. The van der Waals surface area contributed by atoms with Crippen molar-refractivity contribution < 1.29 is 9.59 Å². The summed E-state index contributed by atoms with van der Waals surface area (Å²) in [6, 6.07) is 25.7. The summed E-state index contributed by atoms with van der Waals surface area (Å²) in [5.41, 5.74) is 10.3. The number of hydrogen-bond acceptors (Lipinski definition) is 9. The normalized spacial score (nSPS) is 12.7. The van der Waals surface area contributed by atoms with Crippen molar-refractivity contribution in [1.29, 1.82) is 0 Å². The second kappa shape index (κ2) is 12.5. The van der Waals surface area contributed by atoms with Gasteiger partial charge in [-0.25, -0.2) is 9.97 Å². The average molecular weight is 686 g/mol. The predicted octanol–water partition coefficient (Wildman–Crippen LogP) is 7.94. The summed E-state index contributed by atoms with van der Waals surface area (Å²) in [7, 11) is 0. The Kier molecular flexibility index (Phi) is 8.09. The number of hydrogen-bond donors (Lipinski definition) is 3. The van der Waals surface area contributed by atoms with Crippen molar-refractivity contribution in [2.75, 3.05) is 11.1 Å². The number of H-pyrrole nitrogens is 1. The van der Waals surface area contributed by atoms with Crippen LogP contribution >= 0.6 is 45.9 Å². The van der Waals surface area contributed by atoms with Crippen LogP contribution in [0, 0.1) is 0 Å². The number of nitrogens with two attached hydrogens (primary N) is 1. The number of rotatable bonds is 5. The zero-order valence-corrected chi connectivity index (χ0v) is 26.7. The van der Waals surface area contributed by atoms with Crippen molar-refractivity contribution in [3.63, 3.8) is 0 Å². The molecule has 4 aromatic carbocycles. The van der Waals surface area contributed by atoms with Crippen LogP contribution in [0.25, 0.3) is 42.2 Å². The minimum atomic E-state index is -0.861. The molecule has 2 atom stereocenters. The molecule has 2 unspecified atom stereocenters. The van der Waals surface area contributed by atoms with Crippen LogP contribution in [0.15, 0.2) is 97.3 Å². The lowest BCUT2D eigenvalue weighted by molar-refractivity contribution is -0.116. The van der Waals surface area contributed by atoms with E-state index in [1.165, 1.54) is 27.4 Å². The van der Waals surface area contributed by atoms with E-state index in [1.807, 2.05) is 48.5 Å². The van der Waals surface area contributed by atoms with Gasteiger partial charge in [0.05, 0.1) is 43.9 Å². The van der Waals surface area contributed by atoms with Gasteiger partial charge >= 0.3 is 0 Å². The third kappa shape index (κ3) is 5.67. The fraction of sp³-hybridized carbons (Fsp3) is 0.0625. The zero-order chi connectivity index (χ0) is 31.8. The molecule has 0 radical (unpaired) electrons. The van der Waals surface area contributed by atoms with E-state index in [0.717, 1.165) is 31.2 Å². The van der Waals surface area contributed by atoms with Crippen LogP contribution in [0.5, 0.6) is 0 Å². The molecule has 4 heterocycles. The van der Waals surface area contributed by atoms with E-state index in [-0.39, 0.29) is 11.8 Å². The largest absolute Gasteiger partial charge is 0.375 e. The summed E-state index contributed by atoms with van der Waals surface area (Å²) in [6.07, 6.45) is 3.41. The maximum atomic E-state index is 13.0. The van der Waals surface area contributed by atoms with Gasteiger partial charge < -0.3 is 11.1 Å². The molecule has 0 fully saturated rings. The molecule has 228 valence electrons. The van der Waals surface area contributed by atoms with Crippen molar-refractivity contribution in [2.24, 2.45) is 0 Å². The summed E-state index contributed by atoms with van der Waals surface area (Å²) in [4.78, 5) is 34.3. The lowest BCUT2D eigenvalue weighted by atomic mass is 10.1. The smallest absolute Gasteiger partial charge is 0.269 e. The lowest BCUT2D eigenvalue weighted by Gasteiger charge is -2.09. The van der Waals surface area contributed by atoms with Crippen LogP contribution in [0.1, 0.15) is 26.7 Å². The number of fused-ring (bicyclic) bond motifs is 6. The molecule has 8 aromatic rings. The molecular weight excluding hydrogens is 663 g/mol. The van der Waals surface area contributed by atoms with Gasteiger partial charge in [-0.1, -0.05) is 83.3 Å². The minimum absolute atomic E-state index is 0.344. The SMILES string of the molecule is Nc1nc2ccc3[nH]ncc3c2s1.O=C(Nc1nc2ccc3c(cnn3C(=O)C(Cl)c3ccccc3)c2s1)C(Cl)c1ccccc1. The van der Waals surface area contributed by atoms with Gasteiger partial charge in [0, 0.05) is 10.8 Å². The molecular formula is C32H22Cl2N8O2S2. The van der Waals surface area contributed by atoms with E-state index >= 15 is 0 Å². The van der Waals surface area contributed by atoms with Crippen molar-refractivity contribution in [3.05, 3.63) is 108 Å². The van der Waals surface area contributed by atoms with E-state index in [2.05, 4.69) is 30.6 Å². The van der Waals surface area contributed by atoms with E-state index < -0.39 is 10.8 Å². The van der Waals surface area contributed by atoms with Crippen LogP contribution in [-0.4, -0.2) is 41.8 Å². The second-order valence-corrected chi connectivity index (χ2v) is 13.0. The summed E-state index contributed by atoms with van der Waals surface area (Å²) in [6.45, 7) is 0. The Hall–Kier alpha value is -4.88. The topological polar surface area (TPSA) is 144 Å². The van der Waals surface area contributed by atoms with Gasteiger partial charge in [0.1, 0.15) is 10.8 Å². The van der Waals surface area contributed by atoms with E-state index in [4.69, 9.17) is 28.9 Å². The van der Waals surface area contributed by atoms with Crippen molar-refractivity contribution in [3.8, 4) is 0 Å². The van der Waals surface area contributed by atoms with Gasteiger partial charge in [0.25, 0.3) is 5.91 Å². The Balaban J connectivity index is 0.000000215. The highest BCUT2D eigenvalue weighted by atomic mass is 35.5. The fourth-order valence-electron chi connectivity index (χ4n) is 4.95. The lowest BCUT2D eigenvalue weighted by Crippen LogP contribution is -2.17. The summed E-state index contributed by atoms with van der Waals surface area (Å²) in [5, 5.41) is 15.1. The minimum Gasteiger partial charge on any atom is -0.375 e. The Morgan fingerprint density at radius 1 is 0.783 bits per heavy atom. The van der Waals surface area contributed by atoms with Crippen molar-refractivity contribution in [2.45, 2.75) is 10.8 Å². The number of thiazole rings is 2. The van der Waals surface area contributed by atoms with Gasteiger partial charge in [0.2, 0.25) is 5.91 Å². The number of nitrogens with zero attached hydrogens (tertiary/aromatic N) is 5. The number of amides is 1. The first-order valence-corrected chi connectivity index (χ1v) is 16.4. The summed E-state index contributed by atoms with van der Waals surface area (Å²) in [5.74, 6) is -0.708. The molecule has 1 amide bonds. The Morgan fingerprint density at radius 3 is 2.17 bits per heavy atom. The molecule has 4 aromatic heterocycles. The number of anilines is 2. The quantitative estimate of drug-likeness (QED) is 0.156. The maximum Gasteiger partial charge on any atom is 0.269 e. The summed E-state index contributed by atoms with van der Waals surface area (Å²) < 4.78 is 3.21. The van der Waals surface area contributed by atoms with Gasteiger partial charge in [0.15, 0.2) is 10.3 Å². The number of carbonyl (C=O) groups excluding carboxylic acids is 2. The van der Waals surface area contributed by atoms with Crippen LogP contribution in [-0.2, 0) is 4.79 Å². The first kappa shape index (κ1) is 29.8. The molecule has 0 aliphatic heterocycles. The Bertz CT molecular complexity index is 2350. The number of alkyl halides is 2. The van der Waals surface area contributed by atoms with Gasteiger partial charge in [-0.15, -0.1) is 23.2 Å².